The zero-order chi connectivity index (χ0) is 22.0. The molecule has 1 aliphatic heterocycles. The summed E-state index contributed by atoms with van der Waals surface area (Å²) in [5.74, 6) is 0.601. The van der Waals surface area contributed by atoms with Gasteiger partial charge in [-0.05, 0) is 42.2 Å². The number of para-hydroxylation sites is 1. The van der Waals surface area contributed by atoms with Crippen molar-refractivity contribution in [1.82, 2.24) is 14.9 Å². The first-order valence-corrected chi connectivity index (χ1v) is 10.6. The van der Waals surface area contributed by atoms with Crippen molar-refractivity contribution in [3.8, 4) is 6.07 Å². The number of benzene rings is 2. The van der Waals surface area contributed by atoms with Crippen LogP contribution in [0.4, 0.5) is 10.1 Å². The molecule has 6 nitrogen and oxygen atoms in total. The van der Waals surface area contributed by atoms with Gasteiger partial charge in [0.05, 0.1) is 23.1 Å². The second kappa shape index (κ2) is 8.86. The number of hydrogen-bond donors (Lipinski definition) is 1. The molecule has 160 valence electrons. The van der Waals surface area contributed by atoms with Gasteiger partial charge in [-0.2, -0.15) is 5.26 Å². The highest BCUT2D eigenvalue weighted by Gasteiger charge is 2.22. The van der Waals surface area contributed by atoms with Crippen molar-refractivity contribution in [3.05, 3.63) is 69.5 Å². The minimum Gasteiger partial charge on any atom is -0.368 e. The number of piperazine rings is 1. The van der Waals surface area contributed by atoms with E-state index in [4.69, 9.17) is 0 Å². The number of nitrogens with zero attached hydrogens (tertiary/aromatic N) is 4. The molecule has 0 saturated carbocycles. The van der Waals surface area contributed by atoms with Crippen LogP contribution < -0.4 is 10.5 Å². The van der Waals surface area contributed by atoms with E-state index in [1.54, 1.807) is 6.07 Å². The Kier molecular flexibility index (Phi) is 6.01. The Labute approximate surface area is 180 Å². The molecule has 2 aromatic carbocycles. The Bertz CT molecular complexity index is 1190. The fourth-order valence-electron chi connectivity index (χ4n) is 4.16. The zero-order valence-corrected chi connectivity index (χ0v) is 17.9. The molecule has 2 heterocycles. The van der Waals surface area contributed by atoms with Crippen molar-refractivity contribution in [1.29, 1.82) is 5.26 Å². The largest absolute Gasteiger partial charge is 0.368 e. The van der Waals surface area contributed by atoms with E-state index in [1.807, 2.05) is 30.3 Å². The molecule has 0 amide bonds. The van der Waals surface area contributed by atoms with Gasteiger partial charge in [0.1, 0.15) is 23.3 Å². The molecule has 31 heavy (non-hydrogen) atoms. The first-order chi connectivity index (χ1) is 14.9. The van der Waals surface area contributed by atoms with Gasteiger partial charge >= 0.3 is 0 Å². The number of anilines is 1. The summed E-state index contributed by atoms with van der Waals surface area (Å²) in [7, 11) is 0. The Balaban J connectivity index is 1.48. The third kappa shape index (κ3) is 4.59. The number of fused-ring (bicyclic) bond motifs is 1. The molecule has 0 radical (unpaired) electrons. The topological polar surface area (TPSA) is 76.0 Å². The van der Waals surface area contributed by atoms with E-state index in [0.717, 1.165) is 25.1 Å². The summed E-state index contributed by atoms with van der Waals surface area (Å²) in [4.78, 5) is 24.1. The summed E-state index contributed by atoms with van der Waals surface area (Å²) < 4.78 is 14.5. The Morgan fingerprint density at radius 1 is 1.19 bits per heavy atom. The van der Waals surface area contributed by atoms with Gasteiger partial charge in [-0.25, -0.2) is 9.37 Å². The smallest absolute Gasteiger partial charge is 0.258 e. The molecule has 0 spiro atoms. The van der Waals surface area contributed by atoms with E-state index in [2.05, 4.69) is 33.6 Å². The Hall–Kier alpha value is -3.24. The fraction of sp³-hybridized carbons (Fsp3) is 0.375. The van der Waals surface area contributed by atoms with Crippen LogP contribution in [0.2, 0.25) is 0 Å². The van der Waals surface area contributed by atoms with Gasteiger partial charge in [0.2, 0.25) is 0 Å². The van der Waals surface area contributed by atoms with Crippen LogP contribution in [0, 0.1) is 23.1 Å². The lowest BCUT2D eigenvalue weighted by Gasteiger charge is -2.36. The standard InChI is InChI=1S/C24H26FN5O/c1-16(2)11-17-12-20(25)19(14-26)22(13-17)30-9-7-29(8-10-30)15-23-27-21-6-4-3-5-18(21)24(31)28-23/h3-6,12-13,16H,7-11,15H2,1-2H3,(H,27,28,31). The molecule has 1 aromatic heterocycles. The van der Waals surface area contributed by atoms with E-state index >= 15 is 0 Å². The average molecular weight is 420 g/mol. The van der Waals surface area contributed by atoms with Gasteiger partial charge in [0.15, 0.2) is 0 Å². The molecule has 1 saturated heterocycles. The van der Waals surface area contributed by atoms with Gasteiger partial charge in [-0.15, -0.1) is 0 Å². The summed E-state index contributed by atoms with van der Waals surface area (Å²) >= 11 is 0. The molecule has 1 N–H and O–H groups in total. The van der Waals surface area contributed by atoms with Crippen molar-refractivity contribution in [2.75, 3.05) is 31.1 Å². The van der Waals surface area contributed by atoms with E-state index in [0.29, 0.717) is 48.0 Å². The van der Waals surface area contributed by atoms with E-state index in [9.17, 15) is 14.4 Å². The predicted molar refractivity (Wildman–Crippen MR) is 120 cm³/mol. The summed E-state index contributed by atoms with van der Waals surface area (Å²) in [5.41, 5.74) is 2.27. The Morgan fingerprint density at radius 2 is 1.94 bits per heavy atom. The molecule has 7 heteroatoms. The predicted octanol–water partition coefficient (Wildman–Crippen LogP) is 3.45. The van der Waals surface area contributed by atoms with Crippen molar-refractivity contribution >= 4 is 16.6 Å². The lowest BCUT2D eigenvalue weighted by atomic mass is 9.99. The second-order valence-corrected chi connectivity index (χ2v) is 8.47. The van der Waals surface area contributed by atoms with Crippen molar-refractivity contribution < 1.29 is 4.39 Å². The molecule has 1 aliphatic rings. The SMILES string of the molecule is CC(C)Cc1cc(F)c(C#N)c(N2CCN(Cc3nc4ccccc4c(=O)[nH]3)CC2)c1. The normalized spacial score (nSPS) is 14.9. The van der Waals surface area contributed by atoms with Gasteiger partial charge in [0, 0.05) is 26.2 Å². The number of H-pyrrole nitrogens is 1. The quantitative estimate of drug-likeness (QED) is 0.686. The van der Waals surface area contributed by atoms with Crippen molar-refractivity contribution in [2.24, 2.45) is 5.92 Å². The molecular formula is C24H26FN5O. The van der Waals surface area contributed by atoms with E-state index < -0.39 is 5.82 Å². The summed E-state index contributed by atoms with van der Waals surface area (Å²) in [6, 6.07) is 12.8. The molecule has 4 rings (SSSR count). The molecule has 0 aliphatic carbocycles. The van der Waals surface area contributed by atoms with Gasteiger partial charge in [-0.3, -0.25) is 9.69 Å². The highest BCUT2D eigenvalue weighted by atomic mass is 19.1. The first kappa shape index (κ1) is 21.0. The van der Waals surface area contributed by atoms with Crippen LogP contribution in [0.5, 0.6) is 0 Å². The summed E-state index contributed by atoms with van der Waals surface area (Å²) in [6.45, 7) is 7.56. The van der Waals surface area contributed by atoms with Crippen LogP contribution in [0.15, 0.2) is 41.2 Å². The number of hydrogen-bond acceptors (Lipinski definition) is 5. The maximum atomic E-state index is 14.5. The highest BCUT2D eigenvalue weighted by Crippen LogP contribution is 2.27. The second-order valence-electron chi connectivity index (χ2n) is 8.47. The molecule has 1 fully saturated rings. The van der Waals surface area contributed by atoms with Crippen molar-refractivity contribution in [2.45, 2.75) is 26.8 Å². The summed E-state index contributed by atoms with van der Waals surface area (Å²) in [5, 5.41) is 10.1. The van der Waals surface area contributed by atoms with Gasteiger partial charge < -0.3 is 9.88 Å². The third-order valence-electron chi connectivity index (χ3n) is 5.63. The van der Waals surface area contributed by atoms with Crippen molar-refractivity contribution in [3.63, 3.8) is 0 Å². The number of nitrogens with one attached hydrogen (secondary N) is 1. The monoisotopic (exact) mass is 419 g/mol. The van der Waals surface area contributed by atoms with Gasteiger partial charge in [-0.1, -0.05) is 26.0 Å². The van der Waals surface area contributed by atoms with Crippen LogP contribution in [-0.2, 0) is 13.0 Å². The zero-order valence-electron chi connectivity index (χ0n) is 17.9. The van der Waals surface area contributed by atoms with Crippen LogP contribution in [0.25, 0.3) is 10.9 Å². The van der Waals surface area contributed by atoms with Crippen LogP contribution in [0.1, 0.15) is 30.8 Å². The average Bonchev–Trinajstić information content (AvgIpc) is 2.73. The number of halogens is 1. The van der Waals surface area contributed by atoms with E-state index in [1.165, 1.54) is 6.07 Å². The number of aromatic nitrogens is 2. The summed E-state index contributed by atoms with van der Waals surface area (Å²) in [6.07, 6.45) is 0.774. The van der Waals surface area contributed by atoms with Gasteiger partial charge in [0.25, 0.3) is 5.56 Å². The number of aromatic amines is 1. The third-order valence-corrected chi connectivity index (χ3v) is 5.63. The van der Waals surface area contributed by atoms with Crippen LogP contribution in [-0.4, -0.2) is 41.0 Å². The maximum absolute atomic E-state index is 14.5. The highest BCUT2D eigenvalue weighted by molar-refractivity contribution is 5.77. The molecule has 0 unspecified atom stereocenters. The first-order valence-electron chi connectivity index (χ1n) is 10.6. The Morgan fingerprint density at radius 3 is 2.65 bits per heavy atom. The maximum Gasteiger partial charge on any atom is 0.258 e. The van der Waals surface area contributed by atoms with Crippen LogP contribution in [0.3, 0.4) is 0 Å². The van der Waals surface area contributed by atoms with Crippen LogP contribution >= 0.6 is 0 Å². The molecular weight excluding hydrogens is 393 g/mol. The minimum atomic E-state index is -0.448. The molecule has 3 aromatic rings. The lowest BCUT2D eigenvalue weighted by Crippen LogP contribution is -2.46. The minimum absolute atomic E-state index is 0.112. The number of nitriles is 1. The fourth-order valence-corrected chi connectivity index (χ4v) is 4.16. The lowest BCUT2D eigenvalue weighted by molar-refractivity contribution is 0.244. The number of rotatable bonds is 5. The van der Waals surface area contributed by atoms with E-state index in [-0.39, 0.29) is 11.1 Å². The molecule has 0 bridgehead atoms. The molecule has 0 atom stereocenters.